The minimum atomic E-state index is -0.265. The molecular weight excluding hydrogens is 256 g/mol. The van der Waals surface area contributed by atoms with Gasteiger partial charge in [-0.15, -0.1) is 11.6 Å². The fraction of sp³-hybridized carbons (Fsp3) is 0.111. The fourth-order valence-corrected chi connectivity index (χ4v) is 1.85. The molecule has 0 saturated carbocycles. The molecular formula is C9H6BrClFN. The molecule has 0 spiro atoms. The second kappa shape index (κ2) is 3.31. The standard InChI is InChI=1S/C9H6BrClFN/c10-7-2-9-6(1-8(7)12)5(3-11)4-13-9/h1-2,4,13H,3H2. The van der Waals surface area contributed by atoms with Crippen molar-refractivity contribution in [2.75, 3.05) is 0 Å². The average molecular weight is 263 g/mol. The third kappa shape index (κ3) is 1.46. The third-order valence-electron chi connectivity index (χ3n) is 1.95. The van der Waals surface area contributed by atoms with Gasteiger partial charge in [0.05, 0.1) is 4.47 Å². The Morgan fingerprint density at radius 1 is 1.46 bits per heavy atom. The molecule has 0 fully saturated rings. The van der Waals surface area contributed by atoms with E-state index >= 15 is 0 Å². The van der Waals surface area contributed by atoms with Crippen LogP contribution in [0.4, 0.5) is 4.39 Å². The van der Waals surface area contributed by atoms with Gasteiger partial charge in [-0.3, -0.25) is 0 Å². The third-order valence-corrected chi connectivity index (χ3v) is 2.85. The molecule has 0 atom stereocenters. The predicted molar refractivity (Wildman–Crippen MR) is 55.5 cm³/mol. The molecule has 2 aromatic rings. The average Bonchev–Trinajstić information content (AvgIpc) is 2.48. The summed E-state index contributed by atoms with van der Waals surface area (Å²) >= 11 is 8.80. The van der Waals surface area contributed by atoms with Gasteiger partial charge in [0.15, 0.2) is 0 Å². The van der Waals surface area contributed by atoms with E-state index in [1.807, 2.05) is 0 Å². The van der Waals surface area contributed by atoms with Crippen molar-refractivity contribution in [2.45, 2.75) is 5.88 Å². The Morgan fingerprint density at radius 3 is 2.92 bits per heavy atom. The quantitative estimate of drug-likeness (QED) is 0.752. The largest absolute Gasteiger partial charge is 0.361 e. The van der Waals surface area contributed by atoms with Crippen molar-refractivity contribution in [3.63, 3.8) is 0 Å². The second-order valence-electron chi connectivity index (χ2n) is 2.76. The van der Waals surface area contributed by atoms with Gasteiger partial charge in [-0.2, -0.15) is 0 Å². The zero-order chi connectivity index (χ0) is 9.42. The predicted octanol–water partition coefficient (Wildman–Crippen LogP) is 3.81. The van der Waals surface area contributed by atoms with E-state index in [-0.39, 0.29) is 5.82 Å². The van der Waals surface area contributed by atoms with Crippen LogP contribution in [-0.4, -0.2) is 4.98 Å². The summed E-state index contributed by atoms with van der Waals surface area (Å²) < 4.78 is 13.6. The first kappa shape index (κ1) is 9.03. The van der Waals surface area contributed by atoms with E-state index in [1.54, 1.807) is 12.3 Å². The zero-order valence-corrected chi connectivity index (χ0v) is 8.91. The summed E-state index contributed by atoms with van der Waals surface area (Å²) in [5, 5.41) is 0.843. The molecule has 0 amide bonds. The number of aromatic amines is 1. The molecule has 1 aromatic carbocycles. The maximum atomic E-state index is 13.1. The lowest BCUT2D eigenvalue weighted by atomic mass is 10.2. The van der Waals surface area contributed by atoms with Crippen LogP contribution in [0, 0.1) is 5.82 Å². The van der Waals surface area contributed by atoms with Gasteiger partial charge in [-0.1, -0.05) is 0 Å². The van der Waals surface area contributed by atoms with Crippen molar-refractivity contribution in [1.82, 2.24) is 4.98 Å². The van der Waals surface area contributed by atoms with Gasteiger partial charge in [0.2, 0.25) is 0 Å². The van der Waals surface area contributed by atoms with Gasteiger partial charge in [0, 0.05) is 23.0 Å². The Balaban J connectivity index is 2.77. The zero-order valence-electron chi connectivity index (χ0n) is 6.57. The Labute approximate surface area is 88.0 Å². The molecule has 13 heavy (non-hydrogen) atoms. The molecule has 0 bridgehead atoms. The number of hydrogen-bond donors (Lipinski definition) is 1. The molecule has 1 N–H and O–H groups in total. The summed E-state index contributed by atoms with van der Waals surface area (Å²) in [6, 6.07) is 3.19. The Hall–Kier alpha value is -0.540. The lowest BCUT2D eigenvalue weighted by molar-refractivity contribution is 0.623. The normalized spacial score (nSPS) is 11.0. The topological polar surface area (TPSA) is 15.8 Å². The second-order valence-corrected chi connectivity index (χ2v) is 3.88. The molecule has 0 aliphatic rings. The van der Waals surface area contributed by atoms with Gasteiger partial charge >= 0.3 is 0 Å². The maximum absolute atomic E-state index is 13.1. The fourth-order valence-electron chi connectivity index (χ4n) is 1.29. The van der Waals surface area contributed by atoms with Crippen LogP contribution < -0.4 is 0 Å². The van der Waals surface area contributed by atoms with Crippen molar-refractivity contribution in [1.29, 1.82) is 0 Å². The van der Waals surface area contributed by atoms with Crippen LogP contribution in [-0.2, 0) is 5.88 Å². The first-order chi connectivity index (χ1) is 6.22. The van der Waals surface area contributed by atoms with Crippen LogP contribution in [0.2, 0.25) is 0 Å². The van der Waals surface area contributed by atoms with Crippen LogP contribution in [0.15, 0.2) is 22.8 Å². The van der Waals surface area contributed by atoms with Crippen LogP contribution in [0.3, 0.4) is 0 Å². The first-order valence-corrected chi connectivity index (χ1v) is 5.06. The summed E-state index contributed by atoms with van der Waals surface area (Å²) in [7, 11) is 0. The summed E-state index contributed by atoms with van der Waals surface area (Å²) in [5.74, 6) is 0.125. The molecule has 1 nitrogen and oxygen atoms in total. The number of H-pyrrole nitrogens is 1. The molecule has 0 saturated heterocycles. The van der Waals surface area contributed by atoms with Crippen molar-refractivity contribution in [3.8, 4) is 0 Å². The highest BCUT2D eigenvalue weighted by molar-refractivity contribution is 9.10. The number of hydrogen-bond acceptors (Lipinski definition) is 0. The smallest absolute Gasteiger partial charge is 0.138 e. The lowest BCUT2D eigenvalue weighted by Gasteiger charge is -1.96. The van der Waals surface area contributed by atoms with Gasteiger partial charge < -0.3 is 4.98 Å². The van der Waals surface area contributed by atoms with E-state index in [0.717, 1.165) is 16.5 Å². The Bertz CT molecular complexity index is 452. The number of rotatable bonds is 1. The molecule has 1 heterocycles. The van der Waals surface area contributed by atoms with Crippen molar-refractivity contribution in [2.24, 2.45) is 0 Å². The van der Waals surface area contributed by atoms with E-state index in [0.29, 0.717) is 10.4 Å². The van der Waals surface area contributed by atoms with E-state index < -0.39 is 0 Å². The molecule has 68 valence electrons. The Morgan fingerprint density at radius 2 is 2.23 bits per heavy atom. The number of alkyl halides is 1. The molecule has 4 heteroatoms. The summed E-state index contributed by atoms with van der Waals surface area (Å²) in [6.45, 7) is 0. The summed E-state index contributed by atoms with van der Waals surface area (Å²) in [6.07, 6.45) is 1.80. The van der Waals surface area contributed by atoms with Crippen molar-refractivity contribution in [3.05, 3.63) is 34.2 Å². The number of nitrogens with one attached hydrogen (secondary N) is 1. The first-order valence-electron chi connectivity index (χ1n) is 3.73. The van der Waals surface area contributed by atoms with Crippen LogP contribution in [0.5, 0.6) is 0 Å². The molecule has 1 aromatic heterocycles. The van der Waals surface area contributed by atoms with Crippen molar-refractivity contribution < 1.29 is 4.39 Å². The molecule has 0 aliphatic heterocycles. The number of aromatic nitrogens is 1. The number of fused-ring (bicyclic) bond motifs is 1. The monoisotopic (exact) mass is 261 g/mol. The van der Waals surface area contributed by atoms with Gasteiger partial charge in [-0.05, 0) is 33.6 Å². The highest BCUT2D eigenvalue weighted by Crippen LogP contribution is 2.25. The van der Waals surface area contributed by atoms with E-state index in [2.05, 4.69) is 20.9 Å². The summed E-state index contributed by atoms with van der Waals surface area (Å²) in [4.78, 5) is 3.03. The minimum Gasteiger partial charge on any atom is -0.361 e. The van der Waals surface area contributed by atoms with Gasteiger partial charge in [-0.25, -0.2) is 4.39 Å². The lowest BCUT2D eigenvalue weighted by Crippen LogP contribution is -1.79. The number of benzene rings is 1. The number of halogens is 3. The van der Waals surface area contributed by atoms with E-state index in [1.165, 1.54) is 6.07 Å². The molecule has 0 radical (unpaired) electrons. The van der Waals surface area contributed by atoms with Crippen LogP contribution in [0.25, 0.3) is 10.9 Å². The molecule has 0 aliphatic carbocycles. The van der Waals surface area contributed by atoms with Crippen molar-refractivity contribution >= 4 is 38.4 Å². The van der Waals surface area contributed by atoms with E-state index in [4.69, 9.17) is 11.6 Å². The van der Waals surface area contributed by atoms with Gasteiger partial charge in [0.1, 0.15) is 5.82 Å². The molecule has 2 rings (SSSR count). The highest BCUT2D eigenvalue weighted by atomic mass is 79.9. The molecule has 0 unspecified atom stereocenters. The summed E-state index contributed by atoms with van der Waals surface area (Å²) in [5.41, 5.74) is 1.81. The minimum absolute atomic E-state index is 0.265. The maximum Gasteiger partial charge on any atom is 0.138 e. The van der Waals surface area contributed by atoms with Gasteiger partial charge in [0.25, 0.3) is 0 Å². The van der Waals surface area contributed by atoms with E-state index in [9.17, 15) is 4.39 Å². The highest BCUT2D eigenvalue weighted by Gasteiger charge is 2.06. The van der Waals surface area contributed by atoms with Crippen LogP contribution >= 0.6 is 27.5 Å². The Kier molecular flexibility index (Phi) is 2.30. The van der Waals surface area contributed by atoms with Crippen LogP contribution in [0.1, 0.15) is 5.56 Å². The SMILES string of the molecule is Fc1cc2c(CCl)c[nH]c2cc1Br.